The number of aryl methyl sites for hydroxylation is 2. The van der Waals surface area contributed by atoms with E-state index >= 15 is 0 Å². The maximum absolute atomic E-state index is 4.93. The second kappa shape index (κ2) is 4.42. The Balaban J connectivity index is 1.86. The zero-order chi connectivity index (χ0) is 13.9. The minimum Gasteiger partial charge on any atom is -0.365 e. The summed E-state index contributed by atoms with van der Waals surface area (Å²) in [5.41, 5.74) is 5.79. The number of aromatic nitrogens is 2. The van der Waals surface area contributed by atoms with Crippen molar-refractivity contribution in [2.45, 2.75) is 49.9 Å². The van der Waals surface area contributed by atoms with E-state index in [-0.39, 0.29) is 0 Å². The Hall–Kier alpha value is -1.16. The Kier molecular flexibility index (Phi) is 2.78. The van der Waals surface area contributed by atoms with Crippen LogP contribution >= 0.6 is 15.9 Å². The number of hydrogen-bond donors (Lipinski definition) is 1. The number of halogens is 1. The number of fused-ring (bicyclic) bond motifs is 4. The molecular weight excluding hydrogens is 314 g/mol. The van der Waals surface area contributed by atoms with Crippen LogP contribution in [-0.2, 0) is 0 Å². The Morgan fingerprint density at radius 3 is 2.55 bits per heavy atom. The monoisotopic (exact) mass is 331 g/mol. The van der Waals surface area contributed by atoms with Gasteiger partial charge in [-0.25, -0.2) is 9.97 Å². The van der Waals surface area contributed by atoms with Gasteiger partial charge in [-0.15, -0.1) is 0 Å². The highest BCUT2D eigenvalue weighted by molar-refractivity contribution is 9.09. The van der Waals surface area contributed by atoms with Crippen molar-refractivity contribution in [1.29, 1.82) is 0 Å². The molecule has 1 N–H and O–H groups in total. The molecule has 0 spiro atoms. The molecule has 1 saturated carbocycles. The van der Waals surface area contributed by atoms with E-state index in [1.165, 1.54) is 29.7 Å². The second-order valence-electron chi connectivity index (χ2n) is 6.15. The average Bonchev–Trinajstić information content (AvgIpc) is 2.75. The van der Waals surface area contributed by atoms with Gasteiger partial charge in [0.05, 0.1) is 16.7 Å². The summed E-state index contributed by atoms with van der Waals surface area (Å²) in [4.78, 5) is 10.4. The van der Waals surface area contributed by atoms with Crippen LogP contribution in [0, 0.1) is 13.8 Å². The van der Waals surface area contributed by atoms with Gasteiger partial charge >= 0.3 is 0 Å². The molecule has 4 heteroatoms. The van der Waals surface area contributed by atoms with Crippen LogP contribution in [0.15, 0.2) is 12.1 Å². The van der Waals surface area contributed by atoms with Gasteiger partial charge in [0.15, 0.2) is 0 Å². The summed E-state index contributed by atoms with van der Waals surface area (Å²) in [6.45, 7) is 4.27. The Bertz CT molecular complexity index is 698. The van der Waals surface area contributed by atoms with Gasteiger partial charge in [-0.05, 0) is 56.4 Å². The highest BCUT2D eigenvalue weighted by atomic mass is 79.9. The highest BCUT2D eigenvalue weighted by Crippen LogP contribution is 2.44. The first-order chi connectivity index (χ1) is 9.61. The van der Waals surface area contributed by atoms with Crippen molar-refractivity contribution in [3.05, 3.63) is 29.0 Å². The SMILES string of the molecule is Cc1cc2nc3c(nc2cc1C)C1CC(Br)CCC1N3. The summed E-state index contributed by atoms with van der Waals surface area (Å²) in [7, 11) is 0. The van der Waals surface area contributed by atoms with Crippen molar-refractivity contribution in [3.63, 3.8) is 0 Å². The van der Waals surface area contributed by atoms with Crippen molar-refractivity contribution in [2.24, 2.45) is 0 Å². The Labute approximate surface area is 127 Å². The van der Waals surface area contributed by atoms with E-state index in [2.05, 4.69) is 47.2 Å². The van der Waals surface area contributed by atoms with Gasteiger partial charge in [-0.3, -0.25) is 0 Å². The summed E-state index contributed by atoms with van der Waals surface area (Å²) in [6.07, 6.45) is 3.60. The molecule has 3 atom stereocenters. The van der Waals surface area contributed by atoms with Crippen LogP contribution in [0.4, 0.5) is 5.82 Å². The topological polar surface area (TPSA) is 37.8 Å². The first-order valence-electron chi connectivity index (χ1n) is 7.31. The van der Waals surface area contributed by atoms with Gasteiger partial charge in [0, 0.05) is 16.8 Å². The van der Waals surface area contributed by atoms with Gasteiger partial charge in [-0.1, -0.05) is 15.9 Å². The number of anilines is 1. The van der Waals surface area contributed by atoms with E-state index in [1.807, 2.05) is 0 Å². The molecule has 1 aromatic heterocycles. The van der Waals surface area contributed by atoms with E-state index in [1.54, 1.807) is 0 Å². The molecule has 1 fully saturated rings. The van der Waals surface area contributed by atoms with Gasteiger partial charge in [0.2, 0.25) is 0 Å². The lowest BCUT2D eigenvalue weighted by atomic mass is 9.85. The van der Waals surface area contributed by atoms with E-state index in [9.17, 15) is 0 Å². The van der Waals surface area contributed by atoms with Gasteiger partial charge in [-0.2, -0.15) is 0 Å². The summed E-state index contributed by atoms with van der Waals surface area (Å²) >= 11 is 3.77. The molecular formula is C16H18BrN3. The molecule has 20 heavy (non-hydrogen) atoms. The summed E-state index contributed by atoms with van der Waals surface area (Å²) in [6, 6.07) is 4.84. The van der Waals surface area contributed by atoms with Gasteiger partial charge in [0.25, 0.3) is 0 Å². The van der Waals surface area contributed by atoms with Crippen LogP contribution in [0.1, 0.15) is 42.0 Å². The van der Waals surface area contributed by atoms with Crippen molar-refractivity contribution >= 4 is 32.8 Å². The largest absolute Gasteiger partial charge is 0.365 e. The number of rotatable bonds is 0. The minimum absolute atomic E-state index is 0.515. The summed E-state index contributed by atoms with van der Waals surface area (Å²) in [5, 5.41) is 3.59. The third-order valence-electron chi connectivity index (χ3n) is 4.77. The molecule has 4 rings (SSSR count). The maximum Gasteiger partial charge on any atom is 0.149 e. The van der Waals surface area contributed by atoms with E-state index in [0.29, 0.717) is 16.8 Å². The standard InChI is InChI=1S/C16H18BrN3/c1-8-5-13-14(6-9(8)2)20-16-15(18-13)11-7-10(17)3-4-12(11)19-16/h5-6,10-12H,3-4,7H2,1-2H3,(H,19,20). The normalized spacial score (nSPS) is 28.1. The quantitative estimate of drug-likeness (QED) is 0.739. The number of alkyl halides is 1. The fourth-order valence-corrected chi connectivity index (χ4v) is 4.13. The first kappa shape index (κ1) is 12.6. The molecule has 0 radical (unpaired) electrons. The molecule has 3 unspecified atom stereocenters. The molecule has 1 aliphatic carbocycles. The molecule has 1 aliphatic heterocycles. The minimum atomic E-state index is 0.515. The van der Waals surface area contributed by atoms with Crippen molar-refractivity contribution in [1.82, 2.24) is 9.97 Å². The van der Waals surface area contributed by atoms with Crippen LogP contribution in [0.2, 0.25) is 0 Å². The van der Waals surface area contributed by atoms with E-state index in [0.717, 1.165) is 23.3 Å². The molecule has 2 aromatic rings. The van der Waals surface area contributed by atoms with Gasteiger partial charge < -0.3 is 5.32 Å². The van der Waals surface area contributed by atoms with Crippen LogP contribution < -0.4 is 5.32 Å². The summed E-state index contributed by atoms with van der Waals surface area (Å²) in [5.74, 6) is 1.53. The highest BCUT2D eigenvalue weighted by Gasteiger charge is 2.39. The Morgan fingerprint density at radius 2 is 1.80 bits per heavy atom. The lowest BCUT2D eigenvalue weighted by Crippen LogP contribution is -2.28. The first-order valence-corrected chi connectivity index (χ1v) is 8.23. The smallest absolute Gasteiger partial charge is 0.149 e. The molecule has 2 aliphatic rings. The van der Waals surface area contributed by atoms with Gasteiger partial charge in [0.1, 0.15) is 5.82 Å². The molecule has 3 nitrogen and oxygen atoms in total. The fourth-order valence-electron chi connectivity index (χ4n) is 3.46. The average molecular weight is 332 g/mol. The third-order valence-corrected chi connectivity index (χ3v) is 5.60. The lowest BCUT2D eigenvalue weighted by Gasteiger charge is -2.28. The number of nitrogens with zero attached hydrogens (tertiary/aromatic N) is 2. The predicted molar refractivity (Wildman–Crippen MR) is 85.7 cm³/mol. The molecule has 0 amide bonds. The number of hydrogen-bond acceptors (Lipinski definition) is 3. The molecule has 0 saturated heterocycles. The second-order valence-corrected chi connectivity index (χ2v) is 7.45. The molecule has 1 aromatic carbocycles. The molecule has 104 valence electrons. The predicted octanol–water partition coefficient (Wildman–Crippen LogP) is 4.07. The number of nitrogens with one attached hydrogen (secondary N) is 1. The molecule has 0 bridgehead atoms. The fraction of sp³-hybridized carbons (Fsp3) is 0.500. The van der Waals surface area contributed by atoms with Crippen LogP contribution in [0.5, 0.6) is 0 Å². The Morgan fingerprint density at radius 1 is 1.10 bits per heavy atom. The molecule has 2 heterocycles. The van der Waals surface area contributed by atoms with Crippen molar-refractivity contribution < 1.29 is 0 Å². The zero-order valence-electron chi connectivity index (χ0n) is 11.8. The van der Waals surface area contributed by atoms with Crippen LogP contribution in [0.3, 0.4) is 0 Å². The van der Waals surface area contributed by atoms with E-state index in [4.69, 9.17) is 9.97 Å². The zero-order valence-corrected chi connectivity index (χ0v) is 13.4. The number of benzene rings is 1. The van der Waals surface area contributed by atoms with Crippen molar-refractivity contribution in [2.75, 3.05) is 5.32 Å². The summed E-state index contributed by atoms with van der Waals surface area (Å²) < 4.78 is 0. The third kappa shape index (κ3) is 1.85. The van der Waals surface area contributed by atoms with Crippen LogP contribution in [-0.4, -0.2) is 20.8 Å². The maximum atomic E-state index is 4.93. The van der Waals surface area contributed by atoms with E-state index < -0.39 is 0 Å². The lowest BCUT2D eigenvalue weighted by molar-refractivity contribution is 0.430. The van der Waals surface area contributed by atoms with Crippen LogP contribution in [0.25, 0.3) is 11.0 Å². The van der Waals surface area contributed by atoms with Crippen molar-refractivity contribution in [3.8, 4) is 0 Å².